The van der Waals surface area contributed by atoms with E-state index in [1.807, 2.05) is 31.2 Å². The number of nitrogens with zero attached hydrogens (tertiary/aromatic N) is 2. The highest BCUT2D eigenvalue weighted by Crippen LogP contribution is 2.33. The van der Waals surface area contributed by atoms with E-state index in [4.69, 9.17) is 5.26 Å². The number of nitrogens with one attached hydrogen (secondary N) is 1. The summed E-state index contributed by atoms with van der Waals surface area (Å²) in [5, 5.41) is 13.1. The van der Waals surface area contributed by atoms with Gasteiger partial charge < -0.3 is 5.32 Å². The molecule has 2 aromatic rings. The predicted octanol–water partition coefficient (Wildman–Crippen LogP) is 3.53. The van der Waals surface area contributed by atoms with Gasteiger partial charge in [0.05, 0.1) is 12.5 Å². The highest BCUT2D eigenvalue weighted by molar-refractivity contribution is 7.16. The Morgan fingerprint density at radius 1 is 1.40 bits per heavy atom. The van der Waals surface area contributed by atoms with Gasteiger partial charge in [-0.25, -0.2) is 4.98 Å². The van der Waals surface area contributed by atoms with Crippen molar-refractivity contribution in [3.63, 3.8) is 0 Å². The number of hydrogen-bond donors (Lipinski definition) is 1. The van der Waals surface area contributed by atoms with E-state index < -0.39 is 0 Å². The first-order valence-corrected chi connectivity index (χ1v) is 7.19. The van der Waals surface area contributed by atoms with Crippen LogP contribution in [-0.2, 0) is 11.2 Å². The molecule has 0 radical (unpaired) electrons. The fourth-order valence-corrected chi connectivity index (χ4v) is 2.65. The number of thiazole rings is 1. The summed E-state index contributed by atoms with van der Waals surface area (Å²) >= 11 is 1.36. The number of anilines is 1. The van der Waals surface area contributed by atoms with Crippen LogP contribution in [0, 0.1) is 18.3 Å². The average molecular weight is 285 g/mol. The molecule has 0 spiro atoms. The number of carbonyl (C=O) groups excluding carboxylic acids is 1. The quantitative estimate of drug-likeness (QED) is 0.934. The maximum Gasteiger partial charge on any atom is 0.224 e. The lowest BCUT2D eigenvalue weighted by Gasteiger charge is -2.04. The van der Waals surface area contributed by atoms with Crippen LogP contribution in [-0.4, -0.2) is 10.9 Å². The summed E-state index contributed by atoms with van der Waals surface area (Å²) in [4.78, 5) is 16.1. The Balaban J connectivity index is 2.41. The molecule has 0 bridgehead atoms. The van der Waals surface area contributed by atoms with Gasteiger partial charge in [0, 0.05) is 12.0 Å². The summed E-state index contributed by atoms with van der Waals surface area (Å²) in [5.74, 6) is -0.0504. The lowest BCUT2D eigenvalue weighted by atomic mass is 10.1. The zero-order chi connectivity index (χ0) is 14.5. The molecule has 1 aromatic carbocycles. The van der Waals surface area contributed by atoms with Gasteiger partial charge in [0.15, 0.2) is 0 Å². The molecule has 0 fully saturated rings. The first-order chi connectivity index (χ1) is 9.63. The van der Waals surface area contributed by atoms with Gasteiger partial charge >= 0.3 is 0 Å². The summed E-state index contributed by atoms with van der Waals surface area (Å²) < 4.78 is 0. The lowest BCUT2D eigenvalue weighted by Crippen LogP contribution is -2.08. The van der Waals surface area contributed by atoms with Crippen molar-refractivity contribution in [1.82, 2.24) is 4.98 Å². The smallest absolute Gasteiger partial charge is 0.224 e. The Morgan fingerprint density at radius 2 is 2.10 bits per heavy atom. The molecule has 1 aromatic heterocycles. The SMILES string of the molecule is CCC(=O)Nc1sc(CC#N)nc1-c1ccc(C)cc1. The summed E-state index contributed by atoms with van der Waals surface area (Å²) in [6.45, 7) is 3.82. The first kappa shape index (κ1) is 14.2. The highest BCUT2D eigenvalue weighted by Gasteiger charge is 2.14. The van der Waals surface area contributed by atoms with Gasteiger partial charge in [-0.3, -0.25) is 4.79 Å². The Morgan fingerprint density at radius 3 is 2.70 bits per heavy atom. The minimum absolute atomic E-state index is 0.0504. The zero-order valence-electron chi connectivity index (χ0n) is 11.4. The maximum absolute atomic E-state index is 11.6. The zero-order valence-corrected chi connectivity index (χ0v) is 12.3. The number of benzene rings is 1. The van der Waals surface area contributed by atoms with Crippen LogP contribution in [0.15, 0.2) is 24.3 Å². The van der Waals surface area contributed by atoms with Crippen LogP contribution in [0.3, 0.4) is 0 Å². The van der Waals surface area contributed by atoms with E-state index in [9.17, 15) is 4.79 Å². The van der Waals surface area contributed by atoms with Gasteiger partial charge in [-0.2, -0.15) is 5.26 Å². The third-order valence-corrected chi connectivity index (χ3v) is 3.77. The van der Waals surface area contributed by atoms with E-state index in [-0.39, 0.29) is 12.3 Å². The minimum atomic E-state index is -0.0504. The van der Waals surface area contributed by atoms with E-state index in [1.54, 1.807) is 6.92 Å². The fourth-order valence-electron chi connectivity index (χ4n) is 1.71. The molecule has 102 valence electrons. The molecule has 2 rings (SSSR count). The second kappa shape index (κ2) is 6.31. The molecule has 0 atom stereocenters. The molecular weight excluding hydrogens is 270 g/mol. The molecule has 0 aliphatic carbocycles. The second-order valence-corrected chi connectivity index (χ2v) is 5.47. The number of aromatic nitrogens is 1. The molecular formula is C15H15N3OS. The molecule has 1 amide bonds. The average Bonchev–Trinajstić information content (AvgIpc) is 2.82. The van der Waals surface area contributed by atoms with Gasteiger partial charge in [0.1, 0.15) is 15.7 Å². The van der Waals surface area contributed by atoms with Crippen LogP contribution in [0.5, 0.6) is 0 Å². The van der Waals surface area contributed by atoms with Crippen LogP contribution in [0.2, 0.25) is 0 Å². The van der Waals surface area contributed by atoms with Gasteiger partial charge in [-0.05, 0) is 6.92 Å². The second-order valence-electron chi connectivity index (χ2n) is 4.39. The van der Waals surface area contributed by atoms with Gasteiger partial charge in [0.2, 0.25) is 5.91 Å². The monoisotopic (exact) mass is 285 g/mol. The summed E-state index contributed by atoms with van der Waals surface area (Å²) in [6, 6.07) is 10.0. The molecule has 1 N–H and O–H groups in total. The first-order valence-electron chi connectivity index (χ1n) is 6.37. The largest absolute Gasteiger partial charge is 0.316 e. The summed E-state index contributed by atoms with van der Waals surface area (Å²) in [6.07, 6.45) is 0.671. The van der Waals surface area contributed by atoms with Crippen molar-refractivity contribution in [3.8, 4) is 17.3 Å². The van der Waals surface area contributed by atoms with Crippen molar-refractivity contribution in [2.24, 2.45) is 0 Å². The number of hydrogen-bond acceptors (Lipinski definition) is 4. The summed E-state index contributed by atoms with van der Waals surface area (Å²) in [7, 11) is 0. The van der Waals surface area contributed by atoms with Crippen molar-refractivity contribution < 1.29 is 4.79 Å². The molecule has 0 aliphatic heterocycles. The predicted molar refractivity (Wildman–Crippen MR) is 80.5 cm³/mol. The molecule has 4 nitrogen and oxygen atoms in total. The maximum atomic E-state index is 11.6. The van der Waals surface area contributed by atoms with Gasteiger partial charge in [-0.1, -0.05) is 48.1 Å². The molecule has 0 saturated carbocycles. The molecule has 20 heavy (non-hydrogen) atoms. The molecule has 5 heteroatoms. The van der Waals surface area contributed by atoms with Gasteiger partial charge in [-0.15, -0.1) is 0 Å². The van der Waals surface area contributed by atoms with Crippen molar-refractivity contribution in [2.45, 2.75) is 26.7 Å². The van der Waals surface area contributed by atoms with Crippen LogP contribution < -0.4 is 5.32 Å². The Labute approximate surface area is 122 Å². The van der Waals surface area contributed by atoms with Crippen LogP contribution in [0.4, 0.5) is 5.00 Å². The van der Waals surface area contributed by atoms with E-state index in [0.29, 0.717) is 11.4 Å². The van der Waals surface area contributed by atoms with Crippen molar-refractivity contribution in [1.29, 1.82) is 5.26 Å². The van der Waals surface area contributed by atoms with Crippen LogP contribution >= 0.6 is 11.3 Å². The number of carbonyl (C=O) groups is 1. The molecule has 0 unspecified atom stereocenters. The Bertz CT molecular complexity index is 653. The minimum Gasteiger partial charge on any atom is -0.316 e. The van der Waals surface area contributed by atoms with Crippen LogP contribution in [0.1, 0.15) is 23.9 Å². The van der Waals surface area contributed by atoms with Crippen molar-refractivity contribution in [3.05, 3.63) is 34.8 Å². The van der Waals surface area contributed by atoms with Crippen LogP contribution in [0.25, 0.3) is 11.3 Å². The standard InChI is InChI=1S/C15H15N3OS/c1-3-12(19)17-15-14(18-13(20-15)8-9-16)11-6-4-10(2)5-7-11/h4-7H,3,8H2,1-2H3,(H,17,19). The van der Waals surface area contributed by atoms with E-state index >= 15 is 0 Å². The lowest BCUT2D eigenvalue weighted by molar-refractivity contribution is -0.115. The number of rotatable bonds is 4. The Kier molecular flexibility index (Phi) is 4.49. The van der Waals surface area contributed by atoms with E-state index in [1.165, 1.54) is 16.9 Å². The third-order valence-electron chi connectivity index (χ3n) is 2.80. The third kappa shape index (κ3) is 3.22. The number of nitriles is 1. The fraction of sp³-hybridized carbons (Fsp3) is 0.267. The number of amides is 1. The Hall–Kier alpha value is -2.19. The molecule has 1 heterocycles. The normalized spacial score (nSPS) is 10.1. The highest BCUT2D eigenvalue weighted by atomic mass is 32.1. The molecule has 0 aliphatic rings. The number of aryl methyl sites for hydroxylation is 1. The summed E-state index contributed by atoms with van der Waals surface area (Å²) in [5.41, 5.74) is 2.85. The van der Waals surface area contributed by atoms with Crippen molar-refractivity contribution in [2.75, 3.05) is 5.32 Å². The topological polar surface area (TPSA) is 65.8 Å². The van der Waals surface area contributed by atoms with E-state index in [0.717, 1.165) is 16.3 Å². The van der Waals surface area contributed by atoms with E-state index in [2.05, 4.69) is 16.4 Å². The van der Waals surface area contributed by atoms with Crippen molar-refractivity contribution >= 4 is 22.2 Å². The molecule has 0 saturated heterocycles. The van der Waals surface area contributed by atoms with Gasteiger partial charge in [0.25, 0.3) is 0 Å².